The minimum Gasteiger partial charge on any atom is -0.464 e. The molecule has 2 unspecified atom stereocenters. The lowest BCUT2D eigenvalue weighted by molar-refractivity contribution is -0.256. The van der Waals surface area contributed by atoms with Crippen molar-refractivity contribution in [2.75, 3.05) is 17.6 Å². The fourth-order valence-electron chi connectivity index (χ4n) is 3.31. The van der Waals surface area contributed by atoms with Crippen LogP contribution < -0.4 is 9.46 Å². The number of rotatable bonds is 6. The second-order valence-corrected chi connectivity index (χ2v) is 9.00. The van der Waals surface area contributed by atoms with Crippen LogP contribution in [-0.4, -0.2) is 61.2 Å². The number of benzene rings is 2. The highest BCUT2D eigenvalue weighted by Crippen LogP contribution is 2.37. The molecule has 0 amide bonds. The van der Waals surface area contributed by atoms with Crippen molar-refractivity contribution in [3.05, 3.63) is 48.3 Å². The molecule has 0 radical (unpaired) electrons. The molecule has 1 saturated heterocycles. The number of ether oxygens (including phenoxy) is 2. The van der Waals surface area contributed by atoms with Crippen molar-refractivity contribution >= 4 is 15.7 Å². The molecule has 3 rings (SSSR count). The van der Waals surface area contributed by atoms with E-state index < -0.39 is 53.0 Å². The van der Waals surface area contributed by atoms with E-state index in [1.54, 1.807) is 19.1 Å². The number of hydrogen-bond donors (Lipinski definition) is 4. The number of halogens is 1. The Morgan fingerprint density at radius 1 is 1.17 bits per heavy atom. The van der Waals surface area contributed by atoms with Gasteiger partial charge in [0.05, 0.1) is 24.5 Å². The van der Waals surface area contributed by atoms with Crippen LogP contribution in [0.4, 0.5) is 10.1 Å². The largest absolute Gasteiger partial charge is 0.464 e. The standard InChI is InChI=1S/C20H24FNO7S/c1-11-18(24)19(25)16(10-23)29-20(11)28-15-8-4-7-14(21)17(15)12-5-3-6-13(9-12)22-30(2,26)27/h3-9,11,16,18-20,22-25H,10H2,1-2H3/t11?,16?,18-,19+,20-/m1/s1. The Labute approximate surface area is 173 Å². The van der Waals surface area contributed by atoms with E-state index in [1.807, 2.05) is 0 Å². The van der Waals surface area contributed by atoms with Gasteiger partial charge >= 0.3 is 0 Å². The molecule has 10 heteroatoms. The second kappa shape index (κ2) is 8.86. The maximum absolute atomic E-state index is 14.7. The number of aliphatic hydroxyl groups excluding tert-OH is 3. The molecule has 30 heavy (non-hydrogen) atoms. The van der Waals surface area contributed by atoms with Crippen molar-refractivity contribution in [2.45, 2.75) is 31.5 Å². The van der Waals surface area contributed by atoms with Crippen LogP contribution in [0.3, 0.4) is 0 Å². The van der Waals surface area contributed by atoms with Gasteiger partial charge in [-0.2, -0.15) is 0 Å². The molecule has 164 valence electrons. The van der Waals surface area contributed by atoms with Crippen molar-refractivity contribution in [1.29, 1.82) is 0 Å². The van der Waals surface area contributed by atoms with Crippen molar-refractivity contribution in [3.8, 4) is 16.9 Å². The van der Waals surface area contributed by atoms with Gasteiger partial charge in [-0.1, -0.05) is 25.1 Å². The predicted molar refractivity (Wildman–Crippen MR) is 108 cm³/mol. The van der Waals surface area contributed by atoms with Gasteiger partial charge in [-0.15, -0.1) is 0 Å². The monoisotopic (exact) mass is 441 g/mol. The number of hydrogen-bond acceptors (Lipinski definition) is 7. The maximum atomic E-state index is 14.7. The third-order valence-electron chi connectivity index (χ3n) is 4.86. The van der Waals surface area contributed by atoms with E-state index >= 15 is 0 Å². The Kier molecular flexibility index (Phi) is 6.63. The van der Waals surface area contributed by atoms with Crippen LogP contribution in [0.15, 0.2) is 42.5 Å². The van der Waals surface area contributed by atoms with Crippen molar-refractivity contribution in [1.82, 2.24) is 0 Å². The minimum absolute atomic E-state index is 0.0756. The molecule has 2 aromatic rings. The normalized spacial score (nSPS) is 26.9. The van der Waals surface area contributed by atoms with Crippen LogP contribution in [0.25, 0.3) is 11.1 Å². The lowest BCUT2D eigenvalue weighted by atomic mass is 9.92. The van der Waals surface area contributed by atoms with E-state index in [2.05, 4.69) is 4.72 Å². The van der Waals surface area contributed by atoms with Crippen LogP contribution >= 0.6 is 0 Å². The molecule has 2 aromatic carbocycles. The molecule has 8 nitrogen and oxygen atoms in total. The summed E-state index contributed by atoms with van der Waals surface area (Å²) in [7, 11) is -3.52. The summed E-state index contributed by atoms with van der Waals surface area (Å²) >= 11 is 0. The lowest BCUT2D eigenvalue weighted by Crippen LogP contribution is -2.56. The zero-order valence-corrected chi connectivity index (χ0v) is 17.2. The number of anilines is 1. The van der Waals surface area contributed by atoms with Crippen LogP contribution in [-0.2, 0) is 14.8 Å². The first kappa shape index (κ1) is 22.4. The third kappa shape index (κ3) is 4.90. The summed E-state index contributed by atoms with van der Waals surface area (Å²) in [5, 5.41) is 29.6. The van der Waals surface area contributed by atoms with Crippen LogP contribution in [0.2, 0.25) is 0 Å². The molecule has 1 fully saturated rings. The Morgan fingerprint density at radius 3 is 2.53 bits per heavy atom. The highest BCUT2D eigenvalue weighted by molar-refractivity contribution is 7.92. The van der Waals surface area contributed by atoms with Crippen LogP contribution in [0, 0.1) is 11.7 Å². The fourth-order valence-corrected chi connectivity index (χ4v) is 3.87. The summed E-state index contributed by atoms with van der Waals surface area (Å²) in [5.41, 5.74) is 0.691. The number of nitrogens with one attached hydrogen (secondary N) is 1. The number of aliphatic hydroxyl groups is 3. The van der Waals surface area contributed by atoms with E-state index in [0.29, 0.717) is 5.56 Å². The van der Waals surface area contributed by atoms with Gasteiger partial charge in [0.1, 0.15) is 23.8 Å². The van der Waals surface area contributed by atoms with E-state index in [9.17, 15) is 28.1 Å². The van der Waals surface area contributed by atoms with Gasteiger partial charge in [0.2, 0.25) is 16.3 Å². The molecule has 0 saturated carbocycles. The van der Waals surface area contributed by atoms with Gasteiger partial charge in [-0.3, -0.25) is 4.72 Å². The zero-order chi connectivity index (χ0) is 22.1. The minimum atomic E-state index is -3.52. The third-order valence-corrected chi connectivity index (χ3v) is 5.47. The predicted octanol–water partition coefficient (Wildman–Crippen LogP) is 1.32. The topological polar surface area (TPSA) is 125 Å². The maximum Gasteiger partial charge on any atom is 0.229 e. The summed E-state index contributed by atoms with van der Waals surface area (Å²) < 4.78 is 51.5. The summed E-state index contributed by atoms with van der Waals surface area (Å²) in [4.78, 5) is 0. The lowest BCUT2D eigenvalue weighted by Gasteiger charge is -2.40. The zero-order valence-electron chi connectivity index (χ0n) is 16.4. The average Bonchev–Trinajstić information content (AvgIpc) is 2.67. The van der Waals surface area contributed by atoms with E-state index in [0.717, 1.165) is 6.26 Å². The van der Waals surface area contributed by atoms with Gasteiger partial charge in [0.15, 0.2) is 0 Å². The molecule has 0 aliphatic carbocycles. The highest BCUT2D eigenvalue weighted by atomic mass is 32.2. The molecule has 1 aliphatic rings. The summed E-state index contributed by atoms with van der Waals surface area (Å²) in [6.07, 6.45) is -3.59. The van der Waals surface area contributed by atoms with Gasteiger partial charge in [-0.25, -0.2) is 12.8 Å². The van der Waals surface area contributed by atoms with E-state index in [-0.39, 0.29) is 17.0 Å². The average molecular weight is 441 g/mol. The molecular weight excluding hydrogens is 417 g/mol. The second-order valence-electron chi connectivity index (χ2n) is 7.25. The molecule has 0 bridgehead atoms. The first-order chi connectivity index (χ1) is 14.1. The first-order valence-electron chi connectivity index (χ1n) is 9.26. The summed E-state index contributed by atoms with van der Waals surface area (Å²) in [6, 6.07) is 10.3. The Morgan fingerprint density at radius 2 is 1.87 bits per heavy atom. The van der Waals surface area contributed by atoms with Gasteiger partial charge < -0.3 is 24.8 Å². The van der Waals surface area contributed by atoms with Gasteiger partial charge in [-0.05, 0) is 29.8 Å². The van der Waals surface area contributed by atoms with Crippen molar-refractivity contribution in [2.24, 2.45) is 5.92 Å². The van der Waals surface area contributed by atoms with Crippen LogP contribution in [0.1, 0.15) is 6.92 Å². The smallest absolute Gasteiger partial charge is 0.229 e. The molecule has 1 aliphatic heterocycles. The fraction of sp³-hybridized carbons (Fsp3) is 0.400. The van der Waals surface area contributed by atoms with Crippen molar-refractivity contribution < 1.29 is 37.6 Å². The Bertz CT molecular complexity index is 998. The number of sulfonamides is 1. The van der Waals surface area contributed by atoms with Crippen LogP contribution in [0.5, 0.6) is 5.75 Å². The molecule has 4 N–H and O–H groups in total. The van der Waals surface area contributed by atoms with Gasteiger partial charge in [0.25, 0.3) is 0 Å². The molecule has 1 heterocycles. The molecule has 0 aromatic heterocycles. The SMILES string of the molecule is CC1[C@H](Oc2cccc(F)c2-c2cccc(NS(C)(=O)=O)c2)OC(CO)[C@H](O)[C@@H]1O. The first-order valence-corrected chi connectivity index (χ1v) is 11.2. The van der Waals surface area contributed by atoms with Gasteiger partial charge in [0, 0.05) is 11.6 Å². The van der Waals surface area contributed by atoms with E-state index in [4.69, 9.17) is 9.47 Å². The quantitative estimate of drug-likeness (QED) is 0.533. The molecular formula is C20H24FNO7S. The summed E-state index contributed by atoms with van der Waals surface area (Å²) in [6.45, 7) is 1.07. The summed E-state index contributed by atoms with van der Waals surface area (Å²) in [5.74, 6) is -1.17. The molecule has 5 atom stereocenters. The molecule has 0 spiro atoms. The Balaban J connectivity index is 1.95. The van der Waals surface area contributed by atoms with E-state index in [1.165, 1.54) is 30.3 Å². The Hall–Kier alpha value is -2.24. The highest BCUT2D eigenvalue weighted by Gasteiger charge is 2.43. The van der Waals surface area contributed by atoms with Crippen molar-refractivity contribution in [3.63, 3.8) is 0 Å².